The van der Waals surface area contributed by atoms with E-state index in [0.29, 0.717) is 22.9 Å². The third-order valence-corrected chi connectivity index (χ3v) is 4.89. The van der Waals surface area contributed by atoms with Crippen molar-refractivity contribution in [1.29, 1.82) is 5.26 Å². The molecule has 1 heterocycles. The second-order valence-electron chi connectivity index (χ2n) is 6.91. The first-order chi connectivity index (χ1) is 14.1. The summed E-state index contributed by atoms with van der Waals surface area (Å²) in [6, 6.07) is 12.8. The molecule has 148 valence electrons. The summed E-state index contributed by atoms with van der Waals surface area (Å²) in [5.41, 5.74) is 8.30. The van der Waals surface area contributed by atoms with E-state index in [1.54, 1.807) is 36.5 Å². The normalized spacial score (nSPS) is 15.6. The highest BCUT2D eigenvalue weighted by atomic mass is 16.1. The maximum atomic E-state index is 12.7. The van der Waals surface area contributed by atoms with Gasteiger partial charge in [0.25, 0.3) is 5.91 Å². The van der Waals surface area contributed by atoms with Gasteiger partial charge in [-0.25, -0.2) is 0 Å². The Morgan fingerprint density at radius 2 is 2.07 bits per heavy atom. The van der Waals surface area contributed by atoms with Gasteiger partial charge >= 0.3 is 0 Å². The molecule has 1 aliphatic rings. The molecule has 0 saturated carbocycles. The van der Waals surface area contributed by atoms with E-state index in [1.807, 2.05) is 18.2 Å². The third kappa shape index (κ3) is 5.03. The molecule has 1 saturated heterocycles. The van der Waals surface area contributed by atoms with Crippen molar-refractivity contribution in [1.82, 2.24) is 5.32 Å². The predicted octanol–water partition coefficient (Wildman–Crippen LogP) is 1.64. The number of nitrogens with one attached hydrogen (secondary N) is 3. The minimum absolute atomic E-state index is 0.274. The molecule has 2 aromatic rings. The SMILES string of the molecule is C=C/C=c1/cc(NC(=O)c2cccc(C#N)c2)cc(NC2CCNCC2)/c1=C/N. The Morgan fingerprint density at radius 3 is 2.76 bits per heavy atom. The molecule has 5 N–H and O–H groups in total. The Hall–Kier alpha value is -3.56. The molecule has 6 heteroatoms. The van der Waals surface area contributed by atoms with Crippen LogP contribution in [0.5, 0.6) is 0 Å². The summed E-state index contributed by atoms with van der Waals surface area (Å²) in [6.07, 6.45) is 7.15. The molecule has 0 radical (unpaired) electrons. The van der Waals surface area contributed by atoms with Crippen LogP contribution < -0.4 is 32.1 Å². The summed E-state index contributed by atoms with van der Waals surface area (Å²) in [5, 5.41) is 20.6. The largest absolute Gasteiger partial charge is 0.404 e. The van der Waals surface area contributed by atoms with Crippen molar-refractivity contribution < 1.29 is 4.79 Å². The fourth-order valence-corrected chi connectivity index (χ4v) is 3.44. The molecule has 3 rings (SSSR count). The second-order valence-corrected chi connectivity index (χ2v) is 6.91. The number of nitrogens with zero attached hydrogens (tertiary/aromatic N) is 1. The Kier molecular flexibility index (Phi) is 6.67. The van der Waals surface area contributed by atoms with Crippen molar-refractivity contribution in [3.05, 3.63) is 70.6 Å². The molecular weight excluding hydrogens is 362 g/mol. The number of nitriles is 1. The Morgan fingerprint density at radius 1 is 1.28 bits per heavy atom. The van der Waals surface area contributed by atoms with Gasteiger partial charge in [-0.1, -0.05) is 24.8 Å². The lowest BCUT2D eigenvalue weighted by Crippen LogP contribution is -2.38. The smallest absolute Gasteiger partial charge is 0.255 e. The number of carbonyl (C=O) groups excluding carboxylic acids is 1. The monoisotopic (exact) mass is 387 g/mol. The maximum Gasteiger partial charge on any atom is 0.255 e. The number of anilines is 2. The van der Waals surface area contributed by atoms with Gasteiger partial charge in [-0.05, 0) is 61.5 Å². The number of hydrogen-bond donors (Lipinski definition) is 4. The van der Waals surface area contributed by atoms with Crippen molar-refractivity contribution in [2.24, 2.45) is 5.73 Å². The van der Waals surface area contributed by atoms with Crippen LogP contribution in [0.25, 0.3) is 12.3 Å². The lowest BCUT2D eigenvalue weighted by molar-refractivity contribution is 0.102. The van der Waals surface area contributed by atoms with Crippen molar-refractivity contribution in [2.75, 3.05) is 23.7 Å². The molecule has 1 amide bonds. The van der Waals surface area contributed by atoms with Crippen LogP contribution in [0.15, 0.2) is 49.1 Å². The van der Waals surface area contributed by atoms with Crippen molar-refractivity contribution >= 4 is 29.6 Å². The second kappa shape index (κ2) is 9.58. The molecule has 1 fully saturated rings. The predicted molar refractivity (Wildman–Crippen MR) is 118 cm³/mol. The summed E-state index contributed by atoms with van der Waals surface area (Å²) in [4.78, 5) is 12.7. The Labute approximate surface area is 170 Å². The molecule has 29 heavy (non-hydrogen) atoms. The first kappa shape index (κ1) is 20.2. The van der Waals surface area contributed by atoms with E-state index >= 15 is 0 Å². The van der Waals surface area contributed by atoms with Crippen molar-refractivity contribution in [2.45, 2.75) is 18.9 Å². The first-order valence-corrected chi connectivity index (χ1v) is 9.62. The zero-order valence-electron chi connectivity index (χ0n) is 16.2. The van der Waals surface area contributed by atoms with Crippen LogP contribution in [-0.4, -0.2) is 25.0 Å². The van der Waals surface area contributed by atoms with Gasteiger partial charge in [0, 0.05) is 34.4 Å². The zero-order valence-corrected chi connectivity index (χ0v) is 16.2. The molecule has 0 aliphatic carbocycles. The van der Waals surface area contributed by atoms with E-state index in [1.165, 1.54) is 0 Å². The van der Waals surface area contributed by atoms with Gasteiger partial charge in [-0.2, -0.15) is 5.26 Å². The summed E-state index contributed by atoms with van der Waals surface area (Å²) < 4.78 is 0. The lowest BCUT2D eigenvalue weighted by Gasteiger charge is -2.25. The summed E-state index contributed by atoms with van der Waals surface area (Å²) in [5.74, 6) is -0.274. The van der Waals surface area contributed by atoms with Crippen LogP contribution >= 0.6 is 0 Å². The van der Waals surface area contributed by atoms with Gasteiger partial charge < -0.3 is 21.7 Å². The number of rotatable bonds is 5. The lowest BCUT2D eigenvalue weighted by atomic mass is 10.1. The minimum atomic E-state index is -0.274. The minimum Gasteiger partial charge on any atom is -0.404 e. The molecule has 1 aliphatic heterocycles. The molecule has 0 atom stereocenters. The number of amides is 1. The topological polar surface area (TPSA) is 103 Å². The molecule has 0 spiro atoms. The number of hydrogen-bond acceptors (Lipinski definition) is 5. The Balaban J connectivity index is 1.95. The molecule has 0 unspecified atom stereocenters. The number of piperidine rings is 1. The molecular formula is C23H25N5O. The van der Waals surface area contributed by atoms with Crippen LogP contribution in [0.2, 0.25) is 0 Å². The van der Waals surface area contributed by atoms with Gasteiger partial charge in [0.15, 0.2) is 0 Å². The van der Waals surface area contributed by atoms with Crippen molar-refractivity contribution in [3.8, 4) is 6.07 Å². The summed E-state index contributed by atoms with van der Waals surface area (Å²) >= 11 is 0. The highest BCUT2D eigenvalue weighted by Gasteiger charge is 2.14. The van der Waals surface area contributed by atoms with Crippen LogP contribution in [-0.2, 0) is 0 Å². The van der Waals surface area contributed by atoms with Crippen LogP contribution in [0.4, 0.5) is 11.4 Å². The van der Waals surface area contributed by atoms with Crippen molar-refractivity contribution in [3.63, 3.8) is 0 Å². The summed E-state index contributed by atoms with van der Waals surface area (Å²) in [6.45, 7) is 5.71. The number of nitrogens with two attached hydrogens (primary N) is 1. The number of carbonyl (C=O) groups is 1. The molecule has 0 aromatic heterocycles. The van der Waals surface area contributed by atoms with Crippen LogP contribution in [0, 0.1) is 11.3 Å². The third-order valence-electron chi connectivity index (χ3n) is 4.89. The highest BCUT2D eigenvalue weighted by molar-refractivity contribution is 6.04. The van der Waals surface area contributed by atoms with Gasteiger partial charge in [0.05, 0.1) is 11.6 Å². The van der Waals surface area contributed by atoms with E-state index in [4.69, 9.17) is 11.0 Å². The Bertz CT molecular complexity index is 1060. The van der Waals surface area contributed by atoms with Gasteiger partial charge in [-0.3, -0.25) is 4.79 Å². The zero-order chi connectivity index (χ0) is 20.6. The van der Waals surface area contributed by atoms with E-state index in [9.17, 15) is 4.79 Å². The number of allylic oxidation sites excluding steroid dienone is 1. The number of benzene rings is 2. The fraction of sp³-hybridized carbons (Fsp3) is 0.217. The summed E-state index contributed by atoms with van der Waals surface area (Å²) in [7, 11) is 0. The van der Waals surface area contributed by atoms with Gasteiger partial charge in [0.1, 0.15) is 0 Å². The first-order valence-electron chi connectivity index (χ1n) is 9.62. The quantitative estimate of drug-likeness (QED) is 0.625. The van der Waals surface area contributed by atoms with E-state index < -0.39 is 0 Å². The molecule has 0 bridgehead atoms. The van der Waals surface area contributed by atoms with E-state index in [2.05, 4.69) is 28.6 Å². The average Bonchev–Trinajstić information content (AvgIpc) is 2.75. The van der Waals surface area contributed by atoms with Gasteiger partial charge in [-0.15, -0.1) is 0 Å². The van der Waals surface area contributed by atoms with Crippen LogP contribution in [0.3, 0.4) is 0 Å². The van der Waals surface area contributed by atoms with Crippen LogP contribution in [0.1, 0.15) is 28.8 Å². The highest BCUT2D eigenvalue weighted by Crippen LogP contribution is 2.15. The maximum absolute atomic E-state index is 12.7. The molecule has 2 aromatic carbocycles. The van der Waals surface area contributed by atoms with Gasteiger partial charge in [0.2, 0.25) is 0 Å². The average molecular weight is 387 g/mol. The fourth-order valence-electron chi connectivity index (χ4n) is 3.44. The van der Waals surface area contributed by atoms with E-state index in [-0.39, 0.29) is 5.91 Å². The van der Waals surface area contributed by atoms with E-state index in [0.717, 1.165) is 42.1 Å². The molecule has 6 nitrogen and oxygen atoms in total. The standard InChI is InChI=1S/C23H25N5O/c1-2-4-17-12-20(28-23(29)18-6-3-5-16(11-18)14-24)13-22(21(17)15-25)27-19-7-9-26-10-8-19/h2-6,11-13,15,19,26-27H,1,7-10,25H2,(H,28,29)/b17-4-,21-15+.